The number of nitrogens with one attached hydrogen (secondary N) is 1. The smallest absolute Gasteiger partial charge is 0.416 e. The van der Waals surface area contributed by atoms with E-state index in [0.29, 0.717) is 21.8 Å². The summed E-state index contributed by atoms with van der Waals surface area (Å²) in [6.45, 7) is 1.28. The van der Waals surface area contributed by atoms with Gasteiger partial charge in [0.05, 0.1) is 30.3 Å². The van der Waals surface area contributed by atoms with Gasteiger partial charge in [-0.05, 0) is 37.3 Å². The molecule has 1 atom stereocenters. The zero-order valence-corrected chi connectivity index (χ0v) is 16.1. The van der Waals surface area contributed by atoms with E-state index < -0.39 is 33.7 Å². The van der Waals surface area contributed by atoms with Gasteiger partial charge in [0.1, 0.15) is 11.8 Å². The average molecular weight is 416 g/mol. The molecule has 1 amide bonds. The number of hydrogen-bond acceptors (Lipinski definition) is 4. The number of carbonyl (C=O) groups excluding carboxylic acids is 1. The Balaban J connectivity index is 2.40. The molecule has 1 N–H and O–H groups in total. The van der Waals surface area contributed by atoms with E-state index in [2.05, 4.69) is 5.32 Å². The van der Waals surface area contributed by atoms with Crippen molar-refractivity contribution in [1.82, 2.24) is 0 Å². The molecule has 10 heteroatoms. The van der Waals surface area contributed by atoms with Crippen molar-refractivity contribution in [3.8, 4) is 5.75 Å². The summed E-state index contributed by atoms with van der Waals surface area (Å²) in [6.07, 6.45) is -3.83. The lowest BCUT2D eigenvalue weighted by Gasteiger charge is -2.28. The Morgan fingerprint density at radius 1 is 1.14 bits per heavy atom. The number of halogens is 3. The third-order valence-corrected chi connectivity index (χ3v) is 5.12. The summed E-state index contributed by atoms with van der Waals surface area (Å²) in [4.78, 5) is 12.6. The van der Waals surface area contributed by atoms with Crippen molar-refractivity contribution in [2.24, 2.45) is 0 Å². The Kier molecular flexibility index (Phi) is 6.23. The molecule has 0 radical (unpaired) electrons. The number of carbonyl (C=O) groups is 1. The number of benzene rings is 2. The maximum atomic E-state index is 13.0. The minimum absolute atomic E-state index is 0.264. The predicted molar refractivity (Wildman–Crippen MR) is 99.9 cm³/mol. The number of amides is 1. The summed E-state index contributed by atoms with van der Waals surface area (Å²) >= 11 is 0. The first kappa shape index (κ1) is 21.5. The van der Waals surface area contributed by atoms with Crippen LogP contribution in [0.25, 0.3) is 0 Å². The van der Waals surface area contributed by atoms with Gasteiger partial charge in [-0.15, -0.1) is 0 Å². The van der Waals surface area contributed by atoms with Crippen LogP contribution in [0.15, 0.2) is 48.5 Å². The molecule has 2 aromatic carbocycles. The van der Waals surface area contributed by atoms with Crippen LogP contribution < -0.4 is 14.4 Å². The lowest BCUT2D eigenvalue weighted by Crippen LogP contribution is -2.45. The number of hydrogen-bond donors (Lipinski definition) is 1. The minimum Gasteiger partial charge on any atom is -0.495 e. The highest BCUT2D eigenvalue weighted by Crippen LogP contribution is 2.33. The van der Waals surface area contributed by atoms with E-state index in [1.54, 1.807) is 24.3 Å². The van der Waals surface area contributed by atoms with Crippen molar-refractivity contribution in [3.63, 3.8) is 0 Å². The molecule has 0 aliphatic heterocycles. The highest BCUT2D eigenvalue weighted by atomic mass is 32.2. The fourth-order valence-electron chi connectivity index (χ4n) is 2.61. The maximum Gasteiger partial charge on any atom is 0.416 e. The zero-order valence-electron chi connectivity index (χ0n) is 15.3. The zero-order chi connectivity index (χ0) is 21.1. The van der Waals surface area contributed by atoms with Crippen molar-refractivity contribution >= 4 is 27.3 Å². The van der Waals surface area contributed by atoms with Crippen molar-refractivity contribution in [2.45, 2.75) is 19.1 Å². The van der Waals surface area contributed by atoms with Gasteiger partial charge in [-0.2, -0.15) is 13.2 Å². The molecule has 0 aliphatic rings. The lowest BCUT2D eigenvalue weighted by molar-refractivity contribution is -0.137. The molecule has 6 nitrogen and oxygen atoms in total. The van der Waals surface area contributed by atoms with Gasteiger partial charge < -0.3 is 10.1 Å². The van der Waals surface area contributed by atoms with Crippen LogP contribution in [0, 0.1) is 0 Å². The first-order chi connectivity index (χ1) is 12.9. The van der Waals surface area contributed by atoms with Gasteiger partial charge in [0, 0.05) is 0 Å². The molecule has 0 heterocycles. The third kappa shape index (κ3) is 4.94. The normalized spacial score (nSPS) is 12.9. The van der Waals surface area contributed by atoms with E-state index >= 15 is 0 Å². The average Bonchev–Trinajstić information content (AvgIpc) is 2.60. The molecular formula is C18H19F3N2O4S. The van der Waals surface area contributed by atoms with Crippen molar-refractivity contribution in [2.75, 3.05) is 23.0 Å². The Labute approximate surface area is 161 Å². The third-order valence-electron chi connectivity index (χ3n) is 3.88. The van der Waals surface area contributed by atoms with Crippen LogP contribution in [0.3, 0.4) is 0 Å². The van der Waals surface area contributed by atoms with E-state index in [0.717, 1.165) is 18.4 Å². The molecule has 2 aromatic rings. The number of anilines is 2. The Morgan fingerprint density at radius 3 is 2.36 bits per heavy atom. The second-order valence-electron chi connectivity index (χ2n) is 5.97. The number of sulfonamides is 1. The molecule has 0 spiro atoms. The van der Waals surface area contributed by atoms with Crippen LogP contribution in [0.4, 0.5) is 24.5 Å². The molecule has 152 valence electrons. The Hall–Kier alpha value is -2.75. The molecule has 0 saturated carbocycles. The van der Waals surface area contributed by atoms with Crippen molar-refractivity contribution in [1.29, 1.82) is 0 Å². The Morgan fingerprint density at radius 2 is 1.79 bits per heavy atom. The number of para-hydroxylation sites is 2. The molecule has 28 heavy (non-hydrogen) atoms. The largest absolute Gasteiger partial charge is 0.495 e. The van der Waals surface area contributed by atoms with Gasteiger partial charge >= 0.3 is 6.18 Å². The molecule has 0 bridgehead atoms. The van der Waals surface area contributed by atoms with Crippen LogP contribution in [-0.2, 0) is 21.0 Å². The van der Waals surface area contributed by atoms with E-state index in [1.807, 2.05) is 0 Å². The number of rotatable bonds is 6. The monoisotopic (exact) mass is 416 g/mol. The van der Waals surface area contributed by atoms with Crippen LogP contribution in [0.1, 0.15) is 12.5 Å². The standard InChI is InChI=1S/C18H19F3N2O4S/c1-12(17(24)22-15-9-4-5-10-16(15)27-2)23(28(3,25)26)14-8-6-7-13(11-14)18(19,20)21/h4-12H,1-3H3,(H,22,24). The van der Waals surface area contributed by atoms with Gasteiger partial charge in [-0.25, -0.2) is 8.42 Å². The van der Waals surface area contributed by atoms with Crippen LogP contribution in [0.2, 0.25) is 0 Å². The lowest BCUT2D eigenvalue weighted by atomic mass is 10.1. The van der Waals surface area contributed by atoms with Crippen LogP contribution >= 0.6 is 0 Å². The number of ether oxygens (including phenoxy) is 1. The summed E-state index contributed by atoms with van der Waals surface area (Å²) < 4.78 is 69.3. The molecule has 0 fully saturated rings. The number of methoxy groups -OCH3 is 1. The molecule has 0 aliphatic carbocycles. The van der Waals surface area contributed by atoms with Gasteiger partial charge in [-0.1, -0.05) is 18.2 Å². The van der Waals surface area contributed by atoms with Gasteiger partial charge in [0.15, 0.2) is 0 Å². The summed E-state index contributed by atoms with van der Waals surface area (Å²) in [5.74, 6) is -0.375. The SMILES string of the molecule is COc1ccccc1NC(=O)C(C)N(c1cccc(C(F)(F)F)c1)S(C)(=O)=O. The second kappa shape index (κ2) is 8.09. The summed E-state index contributed by atoms with van der Waals surface area (Å²) in [7, 11) is -2.66. The topological polar surface area (TPSA) is 75.7 Å². The first-order valence-corrected chi connectivity index (χ1v) is 9.90. The summed E-state index contributed by atoms with van der Waals surface area (Å²) in [5, 5.41) is 2.54. The highest BCUT2D eigenvalue weighted by molar-refractivity contribution is 7.92. The minimum atomic E-state index is -4.65. The van der Waals surface area contributed by atoms with Crippen molar-refractivity contribution < 1.29 is 31.1 Å². The quantitative estimate of drug-likeness (QED) is 0.782. The van der Waals surface area contributed by atoms with E-state index in [4.69, 9.17) is 4.74 Å². The van der Waals surface area contributed by atoms with Crippen LogP contribution in [0.5, 0.6) is 5.75 Å². The summed E-state index contributed by atoms with van der Waals surface area (Å²) in [5.41, 5.74) is -0.977. The first-order valence-electron chi connectivity index (χ1n) is 8.05. The predicted octanol–water partition coefficient (Wildman–Crippen LogP) is 3.51. The molecule has 0 aromatic heterocycles. The van der Waals surface area contributed by atoms with Crippen molar-refractivity contribution in [3.05, 3.63) is 54.1 Å². The molecule has 1 unspecified atom stereocenters. The number of alkyl halides is 3. The number of nitrogens with zero attached hydrogens (tertiary/aromatic N) is 1. The van der Waals surface area contributed by atoms with Crippen LogP contribution in [-0.4, -0.2) is 33.7 Å². The van der Waals surface area contributed by atoms with Gasteiger partial charge in [-0.3, -0.25) is 9.10 Å². The Bertz CT molecular complexity index is 961. The van der Waals surface area contributed by atoms with E-state index in [-0.39, 0.29) is 5.69 Å². The van der Waals surface area contributed by atoms with E-state index in [1.165, 1.54) is 20.1 Å². The fourth-order valence-corrected chi connectivity index (χ4v) is 3.78. The fraction of sp³-hybridized carbons (Fsp3) is 0.278. The van der Waals surface area contributed by atoms with E-state index in [9.17, 15) is 26.4 Å². The molecule has 2 rings (SSSR count). The summed E-state index contributed by atoms with van der Waals surface area (Å²) in [6, 6.07) is 8.96. The van der Waals surface area contributed by atoms with Gasteiger partial charge in [0.25, 0.3) is 0 Å². The molecule has 0 saturated heterocycles. The highest BCUT2D eigenvalue weighted by Gasteiger charge is 2.34. The van der Waals surface area contributed by atoms with Gasteiger partial charge in [0.2, 0.25) is 15.9 Å². The second-order valence-corrected chi connectivity index (χ2v) is 7.83. The maximum absolute atomic E-state index is 13.0. The molecular weight excluding hydrogens is 397 g/mol.